The first-order valence-corrected chi connectivity index (χ1v) is 7.46. The second-order valence-electron chi connectivity index (χ2n) is 6.53. The number of amides is 1. The Morgan fingerprint density at radius 2 is 1.89 bits per heavy atom. The molecule has 0 aromatic carbocycles. The predicted molar refractivity (Wildman–Crippen MR) is 76.2 cm³/mol. The van der Waals surface area contributed by atoms with Crippen molar-refractivity contribution in [3.05, 3.63) is 0 Å². The van der Waals surface area contributed by atoms with Crippen molar-refractivity contribution in [3.63, 3.8) is 0 Å². The average molecular weight is 254 g/mol. The molecule has 0 aliphatic heterocycles. The largest absolute Gasteiger partial charge is 0.355 e. The van der Waals surface area contributed by atoms with Gasteiger partial charge in [-0.1, -0.05) is 20.8 Å². The van der Waals surface area contributed by atoms with Crippen LogP contribution in [0, 0.1) is 17.3 Å². The maximum absolute atomic E-state index is 12.1. The molecule has 106 valence electrons. The van der Waals surface area contributed by atoms with Crippen LogP contribution in [0.3, 0.4) is 0 Å². The number of carbonyl (C=O) groups is 1. The summed E-state index contributed by atoms with van der Waals surface area (Å²) in [5.41, 5.74) is 5.80. The number of carbonyl (C=O) groups excluding carboxylic acids is 1. The van der Waals surface area contributed by atoms with Crippen molar-refractivity contribution in [1.82, 2.24) is 5.32 Å². The van der Waals surface area contributed by atoms with Crippen LogP contribution in [-0.4, -0.2) is 19.0 Å². The molecule has 0 spiro atoms. The SMILES string of the molecule is CCC(C)(C)CNC(=O)C1CCC(CCN)CC1. The molecule has 3 heteroatoms. The lowest BCUT2D eigenvalue weighted by molar-refractivity contribution is -0.126. The minimum atomic E-state index is 0.215. The molecule has 1 aliphatic carbocycles. The van der Waals surface area contributed by atoms with Crippen molar-refractivity contribution in [2.45, 2.75) is 59.3 Å². The maximum atomic E-state index is 12.1. The summed E-state index contributed by atoms with van der Waals surface area (Å²) in [6, 6.07) is 0. The summed E-state index contributed by atoms with van der Waals surface area (Å²) in [6.45, 7) is 8.15. The van der Waals surface area contributed by atoms with E-state index in [0.29, 0.717) is 0 Å². The van der Waals surface area contributed by atoms with E-state index in [-0.39, 0.29) is 17.2 Å². The van der Waals surface area contributed by atoms with Gasteiger partial charge in [-0.2, -0.15) is 0 Å². The first-order chi connectivity index (χ1) is 8.48. The highest BCUT2D eigenvalue weighted by atomic mass is 16.1. The first kappa shape index (κ1) is 15.5. The fourth-order valence-electron chi connectivity index (χ4n) is 2.54. The Kier molecular flexibility index (Phi) is 6.13. The van der Waals surface area contributed by atoms with Crippen LogP contribution in [0.15, 0.2) is 0 Å². The number of rotatable bonds is 6. The molecule has 1 rings (SSSR count). The topological polar surface area (TPSA) is 55.1 Å². The van der Waals surface area contributed by atoms with Crippen LogP contribution < -0.4 is 11.1 Å². The molecule has 1 aliphatic rings. The van der Waals surface area contributed by atoms with Gasteiger partial charge in [-0.25, -0.2) is 0 Å². The number of nitrogens with one attached hydrogen (secondary N) is 1. The Morgan fingerprint density at radius 3 is 2.39 bits per heavy atom. The number of hydrogen-bond acceptors (Lipinski definition) is 2. The van der Waals surface area contributed by atoms with Gasteiger partial charge >= 0.3 is 0 Å². The van der Waals surface area contributed by atoms with E-state index in [9.17, 15) is 4.79 Å². The van der Waals surface area contributed by atoms with E-state index < -0.39 is 0 Å². The van der Waals surface area contributed by atoms with E-state index in [1.807, 2.05) is 0 Å². The van der Waals surface area contributed by atoms with Gasteiger partial charge in [0.25, 0.3) is 0 Å². The Hall–Kier alpha value is -0.570. The molecular formula is C15H30N2O. The molecule has 1 amide bonds. The molecule has 0 saturated heterocycles. The van der Waals surface area contributed by atoms with Crippen LogP contribution in [0.4, 0.5) is 0 Å². The first-order valence-electron chi connectivity index (χ1n) is 7.46. The van der Waals surface area contributed by atoms with Gasteiger partial charge in [0.1, 0.15) is 0 Å². The molecule has 1 fully saturated rings. The molecular weight excluding hydrogens is 224 g/mol. The molecule has 3 N–H and O–H groups in total. The van der Waals surface area contributed by atoms with Gasteiger partial charge in [-0.15, -0.1) is 0 Å². The lowest BCUT2D eigenvalue weighted by Crippen LogP contribution is -2.38. The van der Waals surface area contributed by atoms with Crippen molar-refractivity contribution in [2.75, 3.05) is 13.1 Å². The molecule has 0 bridgehead atoms. The molecule has 0 aromatic rings. The van der Waals surface area contributed by atoms with Gasteiger partial charge in [-0.05, 0) is 56.4 Å². The smallest absolute Gasteiger partial charge is 0.223 e. The molecule has 0 unspecified atom stereocenters. The molecule has 0 heterocycles. The Morgan fingerprint density at radius 1 is 1.28 bits per heavy atom. The second kappa shape index (κ2) is 7.13. The van der Waals surface area contributed by atoms with Crippen molar-refractivity contribution < 1.29 is 4.79 Å². The summed E-state index contributed by atoms with van der Waals surface area (Å²) < 4.78 is 0. The second-order valence-corrected chi connectivity index (χ2v) is 6.53. The third kappa shape index (κ3) is 4.97. The third-order valence-electron chi connectivity index (χ3n) is 4.49. The van der Waals surface area contributed by atoms with Crippen LogP contribution in [-0.2, 0) is 4.79 Å². The Bertz CT molecular complexity index is 255. The minimum Gasteiger partial charge on any atom is -0.355 e. The molecule has 0 atom stereocenters. The average Bonchev–Trinajstić information content (AvgIpc) is 2.37. The predicted octanol–water partition coefficient (Wildman–Crippen LogP) is 2.69. The Balaban J connectivity index is 2.28. The highest BCUT2D eigenvalue weighted by Gasteiger charge is 2.26. The summed E-state index contributed by atoms with van der Waals surface area (Å²) in [7, 11) is 0. The van der Waals surface area contributed by atoms with Crippen LogP contribution in [0.2, 0.25) is 0 Å². The summed E-state index contributed by atoms with van der Waals surface area (Å²) in [5, 5.41) is 3.13. The van der Waals surface area contributed by atoms with Crippen LogP contribution in [0.5, 0.6) is 0 Å². The quantitative estimate of drug-likeness (QED) is 0.765. The van der Waals surface area contributed by atoms with E-state index in [2.05, 4.69) is 26.1 Å². The van der Waals surface area contributed by atoms with Gasteiger partial charge < -0.3 is 11.1 Å². The van der Waals surface area contributed by atoms with E-state index in [1.54, 1.807) is 0 Å². The van der Waals surface area contributed by atoms with Gasteiger partial charge in [0.15, 0.2) is 0 Å². The molecule has 1 saturated carbocycles. The zero-order valence-corrected chi connectivity index (χ0v) is 12.3. The zero-order valence-electron chi connectivity index (χ0n) is 12.3. The van der Waals surface area contributed by atoms with E-state index in [1.165, 1.54) is 12.8 Å². The highest BCUT2D eigenvalue weighted by molar-refractivity contribution is 5.78. The van der Waals surface area contributed by atoms with Gasteiger partial charge in [0, 0.05) is 12.5 Å². The van der Waals surface area contributed by atoms with Gasteiger partial charge in [0.2, 0.25) is 5.91 Å². The fourth-order valence-corrected chi connectivity index (χ4v) is 2.54. The van der Waals surface area contributed by atoms with Crippen molar-refractivity contribution >= 4 is 5.91 Å². The minimum absolute atomic E-state index is 0.215. The van der Waals surface area contributed by atoms with Crippen molar-refractivity contribution in [1.29, 1.82) is 0 Å². The van der Waals surface area contributed by atoms with Crippen LogP contribution in [0.1, 0.15) is 59.3 Å². The highest BCUT2D eigenvalue weighted by Crippen LogP contribution is 2.30. The third-order valence-corrected chi connectivity index (χ3v) is 4.49. The van der Waals surface area contributed by atoms with Crippen molar-refractivity contribution in [2.24, 2.45) is 23.0 Å². The summed E-state index contributed by atoms with van der Waals surface area (Å²) in [5.74, 6) is 1.26. The van der Waals surface area contributed by atoms with Crippen molar-refractivity contribution in [3.8, 4) is 0 Å². The normalized spacial score (nSPS) is 24.9. The summed E-state index contributed by atoms with van der Waals surface area (Å²) in [6.07, 6.45) is 6.65. The maximum Gasteiger partial charge on any atom is 0.223 e. The monoisotopic (exact) mass is 254 g/mol. The fraction of sp³-hybridized carbons (Fsp3) is 0.933. The van der Waals surface area contributed by atoms with Crippen LogP contribution in [0.25, 0.3) is 0 Å². The summed E-state index contributed by atoms with van der Waals surface area (Å²) in [4.78, 5) is 12.1. The molecule has 3 nitrogen and oxygen atoms in total. The summed E-state index contributed by atoms with van der Waals surface area (Å²) >= 11 is 0. The molecule has 18 heavy (non-hydrogen) atoms. The van der Waals surface area contributed by atoms with E-state index >= 15 is 0 Å². The van der Waals surface area contributed by atoms with E-state index in [4.69, 9.17) is 5.73 Å². The van der Waals surface area contributed by atoms with E-state index in [0.717, 1.165) is 44.7 Å². The van der Waals surface area contributed by atoms with Gasteiger partial charge in [-0.3, -0.25) is 4.79 Å². The Labute approximate surface area is 112 Å². The number of hydrogen-bond donors (Lipinski definition) is 2. The zero-order chi connectivity index (χ0) is 13.6. The lowest BCUT2D eigenvalue weighted by Gasteiger charge is -2.29. The molecule has 0 radical (unpaired) electrons. The standard InChI is InChI=1S/C15H30N2O/c1-4-15(2,3)11-17-14(18)13-7-5-12(6-8-13)9-10-16/h12-13H,4-11,16H2,1-3H3,(H,17,18). The molecule has 0 aromatic heterocycles. The van der Waals surface area contributed by atoms with Crippen LogP contribution >= 0.6 is 0 Å². The number of nitrogens with two attached hydrogens (primary N) is 1. The lowest BCUT2D eigenvalue weighted by atomic mass is 9.80. The van der Waals surface area contributed by atoms with Gasteiger partial charge in [0.05, 0.1) is 0 Å².